The highest BCUT2D eigenvalue weighted by Gasteiger charge is 2.17. The first-order valence-electron chi connectivity index (χ1n) is 9.36. The molecule has 0 aliphatic rings. The summed E-state index contributed by atoms with van der Waals surface area (Å²) < 4.78 is 18.6. The van der Waals surface area contributed by atoms with Crippen molar-refractivity contribution >= 4 is 11.6 Å². The number of aromatic nitrogens is 2. The van der Waals surface area contributed by atoms with Gasteiger partial charge in [-0.1, -0.05) is 31.5 Å². The van der Waals surface area contributed by atoms with Crippen molar-refractivity contribution in [1.29, 1.82) is 0 Å². The van der Waals surface area contributed by atoms with Crippen LogP contribution in [0.5, 0.6) is 5.75 Å². The Hall–Kier alpha value is -3.15. The number of H-pyrrole nitrogens is 1. The molecule has 1 aromatic heterocycles. The van der Waals surface area contributed by atoms with Gasteiger partial charge >= 0.3 is 0 Å². The quantitative estimate of drug-likeness (QED) is 0.602. The maximum Gasteiger partial charge on any atom is 0.255 e. The van der Waals surface area contributed by atoms with E-state index in [1.807, 2.05) is 24.3 Å². The first-order chi connectivity index (χ1) is 13.6. The Labute approximate surface area is 163 Å². The number of halogens is 1. The van der Waals surface area contributed by atoms with Crippen LogP contribution in [-0.2, 0) is 19.3 Å². The lowest BCUT2D eigenvalue weighted by molar-refractivity contribution is 0.102. The molecule has 6 heteroatoms. The lowest BCUT2D eigenvalue weighted by atomic mass is 10.1. The van der Waals surface area contributed by atoms with Crippen LogP contribution in [0.1, 0.15) is 40.7 Å². The average Bonchev–Trinajstić information content (AvgIpc) is 3.08. The molecule has 0 fully saturated rings. The second-order valence-corrected chi connectivity index (χ2v) is 6.59. The first kappa shape index (κ1) is 19.6. The summed E-state index contributed by atoms with van der Waals surface area (Å²) >= 11 is 0. The fourth-order valence-electron chi connectivity index (χ4n) is 3.05. The van der Waals surface area contributed by atoms with Gasteiger partial charge in [0.25, 0.3) is 5.91 Å². The van der Waals surface area contributed by atoms with Gasteiger partial charge in [0, 0.05) is 5.56 Å². The molecular formula is C22H24FN3O2. The number of methoxy groups -OCH3 is 1. The van der Waals surface area contributed by atoms with Crippen LogP contribution in [-0.4, -0.2) is 23.2 Å². The van der Waals surface area contributed by atoms with Gasteiger partial charge in [0.2, 0.25) is 0 Å². The number of nitrogens with zero attached hydrogens (tertiary/aromatic N) is 1. The number of carbonyl (C=O) groups excluding carboxylic acids is 1. The van der Waals surface area contributed by atoms with E-state index in [1.165, 1.54) is 18.2 Å². The lowest BCUT2D eigenvalue weighted by Crippen LogP contribution is -2.14. The molecule has 1 heterocycles. The largest absolute Gasteiger partial charge is 0.497 e. The van der Waals surface area contributed by atoms with Crippen LogP contribution in [0.15, 0.2) is 48.5 Å². The maximum absolute atomic E-state index is 13.4. The molecule has 28 heavy (non-hydrogen) atoms. The van der Waals surface area contributed by atoms with Gasteiger partial charge in [0.05, 0.1) is 24.2 Å². The van der Waals surface area contributed by atoms with Gasteiger partial charge in [-0.05, 0) is 55.2 Å². The van der Waals surface area contributed by atoms with Crippen LogP contribution in [0.25, 0.3) is 0 Å². The summed E-state index contributed by atoms with van der Waals surface area (Å²) in [5.41, 5.74) is 3.82. The molecular weight excluding hydrogens is 357 g/mol. The maximum atomic E-state index is 13.4. The molecule has 0 aliphatic carbocycles. The Morgan fingerprint density at radius 2 is 1.93 bits per heavy atom. The molecule has 0 saturated carbocycles. The van der Waals surface area contributed by atoms with E-state index in [9.17, 15) is 9.18 Å². The third kappa shape index (κ3) is 4.76. The van der Waals surface area contributed by atoms with Crippen LogP contribution >= 0.6 is 0 Å². The van der Waals surface area contributed by atoms with Crippen molar-refractivity contribution in [2.75, 3.05) is 12.4 Å². The normalized spacial score (nSPS) is 10.7. The van der Waals surface area contributed by atoms with Crippen molar-refractivity contribution in [2.24, 2.45) is 0 Å². The smallest absolute Gasteiger partial charge is 0.255 e. The predicted octanol–water partition coefficient (Wildman–Crippen LogP) is 4.55. The minimum Gasteiger partial charge on any atom is -0.497 e. The third-order valence-corrected chi connectivity index (χ3v) is 4.55. The van der Waals surface area contributed by atoms with E-state index >= 15 is 0 Å². The minimum atomic E-state index is -0.437. The zero-order chi connectivity index (χ0) is 19.9. The topological polar surface area (TPSA) is 67.0 Å². The van der Waals surface area contributed by atoms with E-state index in [1.54, 1.807) is 13.2 Å². The van der Waals surface area contributed by atoms with Crippen LogP contribution in [0, 0.1) is 5.82 Å². The summed E-state index contributed by atoms with van der Waals surface area (Å²) in [7, 11) is 1.64. The summed E-state index contributed by atoms with van der Waals surface area (Å²) in [5, 5.41) is 10.4. The number of nitrogens with one attached hydrogen (secondary N) is 2. The van der Waals surface area contributed by atoms with Crippen molar-refractivity contribution in [1.82, 2.24) is 10.2 Å². The number of hydrogen-bond donors (Lipinski definition) is 2. The number of aryl methyl sites for hydroxylation is 3. The van der Waals surface area contributed by atoms with Gasteiger partial charge < -0.3 is 10.1 Å². The van der Waals surface area contributed by atoms with Gasteiger partial charge in [-0.25, -0.2) is 4.39 Å². The molecule has 3 rings (SSSR count). The molecule has 0 saturated heterocycles. The van der Waals surface area contributed by atoms with Gasteiger partial charge in [0.1, 0.15) is 11.6 Å². The Kier molecular flexibility index (Phi) is 6.42. The molecule has 146 valence electrons. The Morgan fingerprint density at radius 1 is 1.14 bits per heavy atom. The molecule has 0 spiro atoms. The van der Waals surface area contributed by atoms with Crippen molar-refractivity contribution in [2.45, 2.75) is 32.6 Å². The van der Waals surface area contributed by atoms with E-state index in [-0.39, 0.29) is 11.5 Å². The van der Waals surface area contributed by atoms with Crippen molar-refractivity contribution < 1.29 is 13.9 Å². The molecule has 2 N–H and O–H groups in total. The number of hydrogen-bond acceptors (Lipinski definition) is 3. The minimum absolute atomic E-state index is 0.282. The number of benzene rings is 2. The summed E-state index contributed by atoms with van der Waals surface area (Å²) in [4.78, 5) is 12.6. The van der Waals surface area contributed by atoms with Crippen LogP contribution < -0.4 is 10.1 Å². The SMILES string of the molecule is CCCc1[nH]nc(CCc2ccc(OC)cc2)c1NC(=O)c1cccc(F)c1. The standard InChI is InChI=1S/C22H24FN3O2/c1-3-5-19-21(24-22(27)16-6-4-7-17(23)14-16)20(26-25-19)13-10-15-8-11-18(28-2)12-9-15/h4,6-9,11-12,14H,3,5,10,13H2,1-2H3,(H,24,27)(H,25,26). The highest BCUT2D eigenvalue weighted by atomic mass is 19.1. The highest BCUT2D eigenvalue weighted by Crippen LogP contribution is 2.23. The number of anilines is 1. The molecule has 3 aromatic rings. The van der Waals surface area contributed by atoms with Crippen LogP contribution in [0.2, 0.25) is 0 Å². The second-order valence-electron chi connectivity index (χ2n) is 6.59. The molecule has 0 atom stereocenters. The van der Waals surface area contributed by atoms with Crippen LogP contribution in [0.4, 0.5) is 10.1 Å². The number of amides is 1. The summed E-state index contributed by atoms with van der Waals surface area (Å²) in [6, 6.07) is 13.5. The van der Waals surface area contributed by atoms with Gasteiger partial charge in [-0.2, -0.15) is 5.10 Å². The zero-order valence-corrected chi connectivity index (χ0v) is 16.1. The summed E-state index contributed by atoms with van der Waals surface area (Å²) in [6.07, 6.45) is 3.14. The molecule has 2 aromatic carbocycles. The second kappa shape index (κ2) is 9.17. The molecule has 0 bridgehead atoms. The molecule has 1 amide bonds. The van der Waals surface area contributed by atoms with Crippen molar-refractivity contribution in [3.05, 3.63) is 76.9 Å². The van der Waals surface area contributed by atoms with Gasteiger partial charge in [-0.3, -0.25) is 9.89 Å². The third-order valence-electron chi connectivity index (χ3n) is 4.55. The Morgan fingerprint density at radius 3 is 2.61 bits per heavy atom. The monoisotopic (exact) mass is 381 g/mol. The predicted molar refractivity (Wildman–Crippen MR) is 107 cm³/mol. The van der Waals surface area contributed by atoms with Crippen LogP contribution in [0.3, 0.4) is 0 Å². The molecule has 5 nitrogen and oxygen atoms in total. The highest BCUT2D eigenvalue weighted by molar-refractivity contribution is 6.04. The van der Waals surface area contributed by atoms with Gasteiger partial charge in [-0.15, -0.1) is 0 Å². The number of aromatic amines is 1. The number of carbonyl (C=O) groups is 1. The van der Waals surface area contributed by atoms with E-state index in [2.05, 4.69) is 22.4 Å². The average molecular weight is 381 g/mol. The van der Waals surface area contributed by atoms with E-state index in [0.717, 1.165) is 42.0 Å². The summed E-state index contributed by atoms with van der Waals surface area (Å²) in [6.45, 7) is 2.07. The Bertz CT molecular complexity index is 935. The van der Waals surface area contributed by atoms with Crippen molar-refractivity contribution in [3.8, 4) is 5.75 Å². The lowest BCUT2D eigenvalue weighted by Gasteiger charge is -2.09. The molecule has 0 unspecified atom stereocenters. The number of ether oxygens (including phenoxy) is 1. The zero-order valence-electron chi connectivity index (χ0n) is 16.1. The molecule has 0 aliphatic heterocycles. The fraction of sp³-hybridized carbons (Fsp3) is 0.273. The summed E-state index contributed by atoms with van der Waals surface area (Å²) in [5.74, 6) is 0.0362. The first-order valence-corrected chi connectivity index (χ1v) is 9.36. The van der Waals surface area contributed by atoms with Crippen molar-refractivity contribution in [3.63, 3.8) is 0 Å². The van der Waals surface area contributed by atoms with E-state index < -0.39 is 5.82 Å². The van der Waals surface area contributed by atoms with E-state index in [0.29, 0.717) is 12.1 Å². The fourth-order valence-corrected chi connectivity index (χ4v) is 3.05. The molecule has 0 radical (unpaired) electrons. The van der Waals surface area contributed by atoms with Gasteiger partial charge in [0.15, 0.2) is 0 Å². The Balaban J connectivity index is 1.76. The number of rotatable bonds is 8. The van der Waals surface area contributed by atoms with E-state index in [4.69, 9.17) is 4.74 Å².